The minimum atomic E-state index is -1.01. The summed E-state index contributed by atoms with van der Waals surface area (Å²) in [4.78, 5) is 10.9. The molecular formula is C14H14ClNO4. The van der Waals surface area contributed by atoms with Gasteiger partial charge in [-0.05, 0) is 18.2 Å². The van der Waals surface area contributed by atoms with Crippen LogP contribution in [0.3, 0.4) is 0 Å². The number of hydrogen-bond acceptors (Lipinski definition) is 4. The molecule has 2 rings (SSSR count). The molecule has 0 spiro atoms. The molecule has 0 atom stereocenters. The van der Waals surface area contributed by atoms with E-state index < -0.39 is 5.97 Å². The van der Waals surface area contributed by atoms with Crippen LogP contribution in [0.2, 0.25) is 5.02 Å². The van der Waals surface area contributed by atoms with Crippen LogP contribution in [-0.2, 0) is 13.1 Å². The first-order chi connectivity index (χ1) is 9.63. The fraction of sp³-hybridized carbons (Fsp3) is 0.214. The van der Waals surface area contributed by atoms with Crippen molar-refractivity contribution >= 4 is 17.6 Å². The van der Waals surface area contributed by atoms with Crippen LogP contribution in [-0.4, -0.2) is 18.2 Å². The van der Waals surface area contributed by atoms with Crippen molar-refractivity contribution in [3.05, 3.63) is 52.4 Å². The summed E-state index contributed by atoms with van der Waals surface area (Å²) >= 11 is 6.11. The maximum atomic E-state index is 10.9. The predicted octanol–water partition coefficient (Wildman–Crippen LogP) is 2.93. The van der Waals surface area contributed by atoms with Crippen LogP contribution in [0, 0.1) is 0 Å². The summed E-state index contributed by atoms with van der Waals surface area (Å²) in [5, 5.41) is 12.7. The van der Waals surface area contributed by atoms with Gasteiger partial charge < -0.3 is 19.6 Å². The fourth-order valence-electron chi connectivity index (χ4n) is 1.87. The number of carboxylic acid groups (broad SMARTS) is 1. The summed E-state index contributed by atoms with van der Waals surface area (Å²) < 4.78 is 10.4. The summed E-state index contributed by atoms with van der Waals surface area (Å²) in [7, 11) is 1.57. The molecule has 1 aromatic heterocycles. The number of methoxy groups -OCH3 is 1. The molecule has 106 valence electrons. The first kappa shape index (κ1) is 14.4. The van der Waals surface area contributed by atoms with Gasteiger partial charge in [0.2, 0.25) is 0 Å². The lowest BCUT2D eigenvalue weighted by Crippen LogP contribution is -2.15. The van der Waals surface area contributed by atoms with Gasteiger partial charge in [0.1, 0.15) is 17.1 Å². The zero-order valence-corrected chi connectivity index (χ0v) is 11.6. The molecule has 0 bridgehead atoms. The Morgan fingerprint density at radius 3 is 2.90 bits per heavy atom. The highest BCUT2D eigenvalue weighted by Gasteiger charge is 2.13. The Hall–Kier alpha value is -1.98. The van der Waals surface area contributed by atoms with Crippen LogP contribution in [0.5, 0.6) is 5.75 Å². The van der Waals surface area contributed by atoms with Crippen molar-refractivity contribution in [2.45, 2.75) is 13.1 Å². The molecule has 0 radical (unpaired) electrons. The van der Waals surface area contributed by atoms with Gasteiger partial charge in [0, 0.05) is 17.1 Å². The molecule has 1 heterocycles. The SMILES string of the molecule is COc1cccc(Cl)c1CNCc1occc1C(=O)O. The molecule has 0 aliphatic heterocycles. The quantitative estimate of drug-likeness (QED) is 0.857. The van der Waals surface area contributed by atoms with Gasteiger partial charge in [0.25, 0.3) is 0 Å². The largest absolute Gasteiger partial charge is 0.496 e. The van der Waals surface area contributed by atoms with Crippen molar-refractivity contribution in [2.75, 3.05) is 7.11 Å². The summed E-state index contributed by atoms with van der Waals surface area (Å²) in [6.45, 7) is 0.742. The third-order valence-electron chi connectivity index (χ3n) is 2.86. The van der Waals surface area contributed by atoms with Crippen LogP contribution in [0.15, 0.2) is 34.9 Å². The van der Waals surface area contributed by atoms with E-state index in [1.54, 1.807) is 19.2 Å². The summed E-state index contributed by atoms with van der Waals surface area (Å²) in [5.74, 6) is 0.0531. The van der Waals surface area contributed by atoms with Gasteiger partial charge in [-0.15, -0.1) is 0 Å². The Labute approximate surface area is 121 Å². The number of rotatable bonds is 6. The normalized spacial score (nSPS) is 10.5. The van der Waals surface area contributed by atoms with E-state index in [4.69, 9.17) is 25.9 Å². The number of halogens is 1. The standard InChI is InChI=1S/C14H14ClNO4/c1-19-12-4-2-3-11(15)10(12)7-16-8-13-9(14(17)18)5-6-20-13/h2-6,16H,7-8H2,1H3,(H,17,18). The van der Waals surface area contributed by atoms with E-state index in [9.17, 15) is 4.79 Å². The van der Waals surface area contributed by atoms with Gasteiger partial charge in [-0.25, -0.2) is 4.79 Å². The highest BCUT2D eigenvalue weighted by molar-refractivity contribution is 6.31. The molecule has 0 saturated carbocycles. The van der Waals surface area contributed by atoms with E-state index in [1.807, 2.05) is 6.07 Å². The van der Waals surface area contributed by atoms with E-state index in [0.29, 0.717) is 29.6 Å². The van der Waals surface area contributed by atoms with Gasteiger partial charge in [-0.2, -0.15) is 0 Å². The van der Waals surface area contributed by atoms with Gasteiger partial charge in [0.05, 0.1) is 19.9 Å². The zero-order chi connectivity index (χ0) is 14.5. The Kier molecular flexibility index (Phi) is 4.65. The van der Waals surface area contributed by atoms with Crippen molar-refractivity contribution < 1.29 is 19.1 Å². The monoisotopic (exact) mass is 295 g/mol. The van der Waals surface area contributed by atoms with Crippen molar-refractivity contribution in [1.29, 1.82) is 0 Å². The predicted molar refractivity (Wildman–Crippen MR) is 74.2 cm³/mol. The lowest BCUT2D eigenvalue weighted by molar-refractivity contribution is 0.0694. The molecule has 0 aliphatic rings. The Balaban J connectivity index is 2.03. The van der Waals surface area contributed by atoms with Crippen LogP contribution >= 0.6 is 11.6 Å². The second-order valence-corrected chi connectivity index (χ2v) is 4.49. The lowest BCUT2D eigenvalue weighted by atomic mass is 10.2. The maximum Gasteiger partial charge on any atom is 0.339 e. The molecule has 0 unspecified atom stereocenters. The maximum absolute atomic E-state index is 10.9. The number of hydrogen-bond donors (Lipinski definition) is 2. The van der Waals surface area contributed by atoms with Crippen molar-refractivity contribution in [3.8, 4) is 5.75 Å². The minimum absolute atomic E-state index is 0.156. The fourth-order valence-corrected chi connectivity index (χ4v) is 2.10. The second kappa shape index (κ2) is 6.45. The third kappa shape index (κ3) is 3.12. The van der Waals surface area contributed by atoms with Crippen LogP contribution < -0.4 is 10.1 Å². The highest BCUT2D eigenvalue weighted by atomic mass is 35.5. The van der Waals surface area contributed by atoms with Gasteiger partial charge in [0.15, 0.2) is 0 Å². The van der Waals surface area contributed by atoms with Crippen molar-refractivity contribution in [3.63, 3.8) is 0 Å². The Bertz CT molecular complexity index is 609. The molecule has 5 nitrogen and oxygen atoms in total. The Morgan fingerprint density at radius 1 is 1.40 bits per heavy atom. The molecule has 1 aromatic carbocycles. The average Bonchev–Trinajstić information content (AvgIpc) is 2.89. The molecule has 2 N–H and O–H groups in total. The van der Waals surface area contributed by atoms with E-state index in [1.165, 1.54) is 12.3 Å². The minimum Gasteiger partial charge on any atom is -0.496 e. The number of nitrogens with one attached hydrogen (secondary N) is 1. The number of carbonyl (C=O) groups is 1. The van der Waals surface area contributed by atoms with Crippen molar-refractivity contribution in [2.24, 2.45) is 0 Å². The van der Waals surface area contributed by atoms with Gasteiger partial charge in [-0.3, -0.25) is 0 Å². The van der Waals surface area contributed by atoms with E-state index in [0.717, 1.165) is 5.56 Å². The number of ether oxygens (including phenoxy) is 1. The molecule has 0 fully saturated rings. The third-order valence-corrected chi connectivity index (χ3v) is 3.21. The highest BCUT2D eigenvalue weighted by Crippen LogP contribution is 2.26. The average molecular weight is 296 g/mol. The van der Waals surface area contributed by atoms with Crippen LogP contribution in [0.25, 0.3) is 0 Å². The number of benzene rings is 1. The first-order valence-electron chi connectivity index (χ1n) is 5.95. The van der Waals surface area contributed by atoms with Crippen LogP contribution in [0.4, 0.5) is 0 Å². The topological polar surface area (TPSA) is 71.7 Å². The smallest absolute Gasteiger partial charge is 0.339 e. The zero-order valence-electron chi connectivity index (χ0n) is 10.9. The number of furan rings is 1. The van der Waals surface area contributed by atoms with Gasteiger partial charge >= 0.3 is 5.97 Å². The summed E-state index contributed by atoms with van der Waals surface area (Å²) in [6, 6.07) is 6.82. The Morgan fingerprint density at radius 2 is 2.20 bits per heavy atom. The number of carboxylic acids is 1. The molecule has 6 heteroatoms. The molecule has 2 aromatic rings. The molecule has 0 amide bonds. The molecule has 0 saturated heterocycles. The first-order valence-corrected chi connectivity index (χ1v) is 6.33. The van der Waals surface area contributed by atoms with Crippen molar-refractivity contribution in [1.82, 2.24) is 5.32 Å². The van der Waals surface area contributed by atoms with E-state index >= 15 is 0 Å². The molecular weight excluding hydrogens is 282 g/mol. The second-order valence-electron chi connectivity index (χ2n) is 4.09. The molecule has 20 heavy (non-hydrogen) atoms. The van der Waals surface area contributed by atoms with E-state index in [-0.39, 0.29) is 5.56 Å². The van der Waals surface area contributed by atoms with Gasteiger partial charge in [-0.1, -0.05) is 17.7 Å². The van der Waals surface area contributed by atoms with Crippen LogP contribution in [0.1, 0.15) is 21.7 Å². The summed E-state index contributed by atoms with van der Waals surface area (Å²) in [6.07, 6.45) is 1.36. The van der Waals surface area contributed by atoms with E-state index in [2.05, 4.69) is 5.32 Å². The molecule has 0 aliphatic carbocycles. The summed E-state index contributed by atoms with van der Waals surface area (Å²) in [5.41, 5.74) is 0.976. The lowest BCUT2D eigenvalue weighted by Gasteiger charge is -2.11. The number of aromatic carboxylic acids is 1.